The highest BCUT2D eigenvalue weighted by atomic mass is 16.6. The minimum absolute atomic E-state index is 0.00768. The van der Waals surface area contributed by atoms with Crippen LogP contribution in [0.4, 0.5) is 5.69 Å². The van der Waals surface area contributed by atoms with Crippen LogP contribution in [-0.2, 0) is 0 Å². The van der Waals surface area contributed by atoms with Crippen LogP contribution in [-0.4, -0.2) is 11.5 Å². The van der Waals surface area contributed by atoms with Gasteiger partial charge in [0.25, 0.3) is 5.69 Å². The van der Waals surface area contributed by atoms with Crippen LogP contribution in [0.1, 0.15) is 24.8 Å². The highest BCUT2D eigenvalue weighted by Crippen LogP contribution is 2.33. The molecule has 1 saturated carbocycles. The van der Waals surface area contributed by atoms with Crippen LogP contribution in [0.2, 0.25) is 0 Å². The van der Waals surface area contributed by atoms with E-state index >= 15 is 0 Å². The molecule has 0 amide bonds. The molecular formula is C12H12N2O3. The Morgan fingerprint density at radius 2 is 2.29 bits per heavy atom. The van der Waals surface area contributed by atoms with Crippen LogP contribution in [0.5, 0.6) is 5.75 Å². The number of ether oxygens (including phenoxy) is 1. The van der Waals surface area contributed by atoms with Gasteiger partial charge in [-0.3, -0.25) is 10.1 Å². The molecule has 1 aromatic carbocycles. The molecule has 0 saturated heterocycles. The molecule has 0 bridgehead atoms. The first-order chi connectivity index (χ1) is 8.22. The van der Waals surface area contributed by atoms with Crippen molar-refractivity contribution >= 4 is 5.69 Å². The van der Waals surface area contributed by atoms with E-state index in [1.165, 1.54) is 25.0 Å². The number of nitriles is 1. The van der Waals surface area contributed by atoms with Crippen LogP contribution in [0.15, 0.2) is 18.2 Å². The Balaban J connectivity index is 2.11. The second-order valence-corrected chi connectivity index (χ2v) is 4.10. The molecule has 2 rings (SSSR count). The molecule has 88 valence electrons. The van der Waals surface area contributed by atoms with E-state index in [4.69, 9.17) is 10.00 Å². The molecule has 17 heavy (non-hydrogen) atoms. The molecular weight excluding hydrogens is 220 g/mol. The van der Waals surface area contributed by atoms with Gasteiger partial charge in [-0.05, 0) is 18.4 Å². The lowest BCUT2D eigenvalue weighted by molar-refractivity contribution is -0.385. The Hall–Kier alpha value is -2.09. The van der Waals surface area contributed by atoms with Gasteiger partial charge in [0, 0.05) is 6.07 Å². The SMILES string of the molecule is N#Cc1c(OCCC2CC2)cccc1[N+](=O)[O-]. The first-order valence-corrected chi connectivity index (χ1v) is 5.52. The highest BCUT2D eigenvalue weighted by molar-refractivity contribution is 5.56. The number of nitrogens with zero attached hydrogens (tertiary/aromatic N) is 2. The normalized spacial score (nSPS) is 14.1. The summed E-state index contributed by atoms with van der Waals surface area (Å²) < 4.78 is 5.44. The predicted molar refractivity (Wildman–Crippen MR) is 60.6 cm³/mol. The van der Waals surface area contributed by atoms with Gasteiger partial charge in [-0.1, -0.05) is 18.9 Å². The standard InChI is InChI=1S/C12H12N2O3/c13-8-10-11(14(15)16)2-1-3-12(10)17-7-6-9-4-5-9/h1-3,9H,4-7H2. The van der Waals surface area contributed by atoms with E-state index in [2.05, 4.69) is 0 Å². The van der Waals surface area contributed by atoms with Crippen LogP contribution in [0.3, 0.4) is 0 Å². The third kappa shape index (κ3) is 2.72. The average molecular weight is 232 g/mol. The van der Waals surface area contributed by atoms with Crippen molar-refractivity contribution in [2.75, 3.05) is 6.61 Å². The Labute approximate surface area is 98.8 Å². The van der Waals surface area contributed by atoms with Crippen molar-refractivity contribution in [3.8, 4) is 11.8 Å². The van der Waals surface area contributed by atoms with Crippen LogP contribution >= 0.6 is 0 Å². The predicted octanol–water partition coefficient (Wildman–Crippen LogP) is 2.65. The molecule has 1 aliphatic carbocycles. The van der Waals surface area contributed by atoms with E-state index < -0.39 is 4.92 Å². The molecule has 0 atom stereocenters. The van der Waals surface area contributed by atoms with Gasteiger partial charge in [0.2, 0.25) is 0 Å². The zero-order valence-corrected chi connectivity index (χ0v) is 9.26. The quantitative estimate of drug-likeness (QED) is 0.577. The van der Waals surface area contributed by atoms with Gasteiger partial charge in [0.1, 0.15) is 11.8 Å². The maximum absolute atomic E-state index is 10.7. The molecule has 1 fully saturated rings. The summed E-state index contributed by atoms with van der Waals surface area (Å²) in [5, 5.41) is 19.7. The van der Waals surface area contributed by atoms with E-state index in [0.717, 1.165) is 12.3 Å². The van der Waals surface area contributed by atoms with E-state index in [9.17, 15) is 10.1 Å². The molecule has 0 aromatic heterocycles. The van der Waals surface area contributed by atoms with Gasteiger partial charge < -0.3 is 4.74 Å². The zero-order chi connectivity index (χ0) is 12.3. The summed E-state index contributed by atoms with van der Waals surface area (Å²) in [4.78, 5) is 10.2. The molecule has 0 N–H and O–H groups in total. The number of hydrogen-bond donors (Lipinski definition) is 0. The molecule has 1 aliphatic rings. The van der Waals surface area contributed by atoms with E-state index in [0.29, 0.717) is 12.4 Å². The molecule has 0 heterocycles. The Bertz CT molecular complexity index is 475. The van der Waals surface area contributed by atoms with Crippen molar-refractivity contribution in [3.63, 3.8) is 0 Å². The van der Waals surface area contributed by atoms with E-state index in [1.54, 1.807) is 6.07 Å². The van der Waals surface area contributed by atoms with Crippen molar-refractivity contribution in [1.29, 1.82) is 5.26 Å². The fourth-order valence-electron chi connectivity index (χ4n) is 1.65. The molecule has 0 spiro atoms. The minimum atomic E-state index is -0.563. The van der Waals surface area contributed by atoms with Gasteiger partial charge in [0.05, 0.1) is 11.5 Å². The lowest BCUT2D eigenvalue weighted by atomic mass is 10.2. The van der Waals surface area contributed by atoms with Crippen LogP contribution in [0.25, 0.3) is 0 Å². The summed E-state index contributed by atoms with van der Waals surface area (Å²) in [6.45, 7) is 0.514. The van der Waals surface area contributed by atoms with Crippen molar-refractivity contribution < 1.29 is 9.66 Å². The molecule has 0 unspecified atom stereocenters. The number of nitro groups is 1. The van der Waals surface area contributed by atoms with Gasteiger partial charge in [0.15, 0.2) is 5.56 Å². The van der Waals surface area contributed by atoms with Gasteiger partial charge in [-0.2, -0.15) is 5.26 Å². The Kier molecular flexibility index (Phi) is 3.24. The number of rotatable bonds is 5. The first-order valence-electron chi connectivity index (χ1n) is 5.52. The summed E-state index contributed by atoms with van der Waals surface area (Å²) in [5.74, 6) is 1.04. The highest BCUT2D eigenvalue weighted by Gasteiger charge is 2.22. The van der Waals surface area contributed by atoms with Crippen LogP contribution in [0, 0.1) is 27.4 Å². The average Bonchev–Trinajstić information content (AvgIpc) is 3.12. The molecule has 0 aliphatic heterocycles. The molecule has 1 aromatic rings. The smallest absolute Gasteiger partial charge is 0.290 e. The molecule has 5 heteroatoms. The van der Waals surface area contributed by atoms with Crippen molar-refractivity contribution in [2.24, 2.45) is 5.92 Å². The first kappa shape index (κ1) is 11.4. The van der Waals surface area contributed by atoms with Crippen molar-refractivity contribution in [3.05, 3.63) is 33.9 Å². The number of benzene rings is 1. The van der Waals surface area contributed by atoms with E-state index in [1.807, 2.05) is 6.07 Å². The topological polar surface area (TPSA) is 76.2 Å². The zero-order valence-electron chi connectivity index (χ0n) is 9.26. The fraction of sp³-hybridized carbons (Fsp3) is 0.417. The maximum atomic E-state index is 10.7. The summed E-state index contributed by atoms with van der Waals surface area (Å²) in [7, 11) is 0. The Morgan fingerprint density at radius 1 is 1.53 bits per heavy atom. The van der Waals surface area contributed by atoms with Crippen LogP contribution < -0.4 is 4.74 Å². The second-order valence-electron chi connectivity index (χ2n) is 4.10. The van der Waals surface area contributed by atoms with Crippen molar-refractivity contribution in [2.45, 2.75) is 19.3 Å². The summed E-state index contributed by atoms with van der Waals surface area (Å²) in [5.41, 5.74) is -0.190. The Morgan fingerprint density at radius 3 is 2.88 bits per heavy atom. The minimum Gasteiger partial charge on any atom is -0.492 e. The largest absolute Gasteiger partial charge is 0.492 e. The van der Waals surface area contributed by atoms with E-state index in [-0.39, 0.29) is 11.3 Å². The van der Waals surface area contributed by atoms with Crippen molar-refractivity contribution in [1.82, 2.24) is 0 Å². The number of hydrogen-bond acceptors (Lipinski definition) is 4. The maximum Gasteiger partial charge on any atom is 0.290 e. The third-order valence-corrected chi connectivity index (χ3v) is 2.79. The monoisotopic (exact) mass is 232 g/mol. The molecule has 5 nitrogen and oxygen atoms in total. The summed E-state index contributed by atoms with van der Waals surface area (Å²) >= 11 is 0. The summed E-state index contributed by atoms with van der Waals surface area (Å²) in [6, 6.07) is 6.27. The second kappa shape index (κ2) is 4.83. The van der Waals surface area contributed by atoms with Gasteiger partial charge in [-0.25, -0.2) is 0 Å². The fourth-order valence-corrected chi connectivity index (χ4v) is 1.65. The lowest BCUT2D eigenvalue weighted by Gasteiger charge is -2.07. The van der Waals surface area contributed by atoms with Gasteiger partial charge in [-0.15, -0.1) is 0 Å². The molecule has 0 radical (unpaired) electrons. The van der Waals surface area contributed by atoms with Gasteiger partial charge >= 0.3 is 0 Å². The summed E-state index contributed by atoms with van der Waals surface area (Å²) in [6.07, 6.45) is 3.43. The lowest BCUT2D eigenvalue weighted by Crippen LogP contribution is -2.01. The number of nitro benzene ring substituents is 1. The third-order valence-electron chi connectivity index (χ3n) is 2.79.